The van der Waals surface area contributed by atoms with Gasteiger partial charge in [-0.3, -0.25) is 4.79 Å². The summed E-state index contributed by atoms with van der Waals surface area (Å²) in [5.74, 6) is 1.76. The molecule has 2 saturated carbocycles. The zero-order valence-electron chi connectivity index (χ0n) is 19.8. The SMILES string of the molecule is C=C(C(NC(=O)NC(CC)C(C)(C)C)C1CCCCCC1)N1C[C@@H]2C[C@@H]2C1C(C)=O. The van der Waals surface area contributed by atoms with Gasteiger partial charge >= 0.3 is 6.03 Å². The molecule has 2 aliphatic carbocycles. The van der Waals surface area contributed by atoms with Crippen LogP contribution in [0.25, 0.3) is 0 Å². The lowest BCUT2D eigenvalue weighted by molar-refractivity contribution is -0.121. The Hall–Kier alpha value is -1.52. The third-order valence-electron chi connectivity index (χ3n) is 7.71. The molecule has 170 valence electrons. The maximum Gasteiger partial charge on any atom is 0.315 e. The fraction of sp³-hybridized carbons (Fsp3) is 0.840. The molecule has 2 amide bonds. The second kappa shape index (κ2) is 9.32. The van der Waals surface area contributed by atoms with Crippen molar-refractivity contribution in [1.29, 1.82) is 0 Å². The number of fused-ring (bicyclic) bond motifs is 1. The second-order valence-electron chi connectivity index (χ2n) is 11.0. The van der Waals surface area contributed by atoms with Crippen LogP contribution < -0.4 is 10.6 Å². The number of hydrogen-bond acceptors (Lipinski definition) is 3. The van der Waals surface area contributed by atoms with Crippen molar-refractivity contribution in [2.45, 2.75) is 104 Å². The zero-order valence-corrected chi connectivity index (χ0v) is 19.8. The van der Waals surface area contributed by atoms with Crippen LogP contribution in [0.15, 0.2) is 12.3 Å². The minimum absolute atomic E-state index is 0.0108. The number of nitrogens with zero attached hydrogens (tertiary/aromatic N) is 1. The third kappa shape index (κ3) is 5.20. The minimum atomic E-state index is -0.101. The average Bonchev–Trinajstić information content (AvgIpc) is 3.40. The molecule has 3 rings (SSSR count). The Labute approximate surface area is 183 Å². The maximum atomic E-state index is 13.1. The molecule has 1 heterocycles. The van der Waals surface area contributed by atoms with Crippen LogP contribution in [-0.4, -0.2) is 41.4 Å². The number of likely N-dealkylation sites (tertiary alicyclic amines) is 1. The van der Waals surface area contributed by atoms with E-state index in [-0.39, 0.29) is 35.4 Å². The van der Waals surface area contributed by atoms with Gasteiger partial charge in [0.25, 0.3) is 0 Å². The maximum absolute atomic E-state index is 13.1. The standard InChI is InChI=1S/C25H43N3O2/c1-7-21(25(4,5)6)26-24(30)27-22(18-12-10-8-9-11-13-18)16(2)28-15-19-14-20(19)23(28)17(3)29/h18-23H,2,7-15H2,1,3-6H3,(H2,26,27,30)/t19-,20-,21?,22?,23?/m0/s1. The summed E-state index contributed by atoms with van der Waals surface area (Å²) < 4.78 is 0. The number of hydrogen-bond donors (Lipinski definition) is 2. The molecule has 0 aromatic rings. The molecule has 5 nitrogen and oxygen atoms in total. The summed E-state index contributed by atoms with van der Waals surface area (Å²) in [6.07, 6.45) is 9.25. The molecular formula is C25H43N3O2. The molecule has 5 heteroatoms. The highest BCUT2D eigenvalue weighted by Crippen LogP contribution is 2.51. The van der Waals surface area contributed by atoms with Gasteiger partial charge in [0.15, 0.2) is 5.78 Å². The van der Waals surface area contributed by atoms with Crippen LogP contribution in [0.2, 0.25) is 0 Å². The fourth-order valence-electron chi connectivity index (χ4n) is 5.85. The number of Topliss-reactive ketones (excluding diaryl/α,β-unsaturated/α-hetero) is 1. The topological polar surface area (TPSA) is 61.4 Å². The minimum Gasteiger partial charge on any atom is -0.363 e. The van der Waals surface area contributed by atoms with Gasteiger partial charge in [0.05, 0.1) is 12.1 Å². The summed E-state index contributed by atoms with van der Waals surface area (Å²) in [5, 5.41) is 6.53. The van der Waals surface area contributed by atoms with Crippen LogP contribution in [0.3, 0.4) is 0 Å². The molecule has 5 atom stereocenters. The van der Waals surface area contributed by atoms with Gasteiger partial charge in [-0.15, -0.1) is 0 Å². The summed E-state index contributed by atoms with van der Waals surface area (Å²) in [5.41, 5.74) is 0.963. The number of carbonyl (C=O) groups excluding carboxylic acids is 2. The number of carbonyl (C=O) groups is 2. The Morgan fingerprint density at radius 1 is 1.10 bits per heavy atom. The number of ketones is 1. The normalized spacial score (nSPS) is 28.8. The highest BCUT2D eigenvalue weighted by Gasteiger charge is 2.55. The van der Waals surface area contributed by atoms with Crippen molar-refractivity contribution < 1.29 is 9.59 Å². The van der Waals surface area contributed by atoms with Gasteiger partial charge in [0.2, 0.25) is 0 Å². The highest BCUT2D eigenvalue weighted by atomic mass is 16.2. The molecule has 0 spiro atoms. The Morgan fingerprint density at radius 3 is 2.27 bits per heavy atom. The first-order chi connectivity index (χ1) is 14.1. The van der Waals surface area contributed by atoms with E-state index in [1.807, 2.05) is 0 Å². The number of urea groups is 1. The molecular weight excluding hydrogens is 374 g/mol. The van der Waals surface area contributed by atoms with Gasteiger partial charge in [0, 0.05) is 18.3 Å². The first-order valence-electron chi connectivity index (χ1n) is 12.2. The predicted molar refractivity (Wildman–Crippen MR) is 122 cm³/mol. The van der Waals surface area contributed by atoms with E-state index in [4.69, 9.17) is 0 Å². The zero-order chi connectivity index (χ0) is 22.1. The molecule has 0 aromatic heterocycles. The molecule has 3 aliphatic rings. The van der Waals surface area contributed by atoms with Gasteiger partial charge in [-0.1, -0.05) is 60.0 Å². The largest absolute Gasteiger partial charge is 0.363 e. The Bertz CT molecular complexity index is 645. The lowest BCUT2D eigenvalue weighted by atomic mass is 9.85. The van der Waals surface area contributed by atoms with Gasteiger partial charge in [-0.25, -0.2) is 4.79 Å². The molecule has 1 aliphatic heterocycles. The van der Waals surface area contributed by atoms with E-state index in [9.17, 15) is 9.59 Å². The first-order valence-corrected chi connectivity index (χ1v) is 12.2. The van der Waals surface area contributed by atoms with Crippen LogP contribution in [-0.2, 0) is 4.79 Å². The van der Waals surface area contributed by atoms with E-state index < -0.39 is 0 Å². The van der Waals surface area contributed by atoms with Crippen molar-refractivity contribution in [2.24, 2.45) is 23.2 Å². The fourth-order valence-corrected chi connectivity index (χ4v) is 5.85. The second-order valence-corrected chi connectivity index (χ2v) is 11.0. The summed E-state index contributed by atoms with van der Waals surface area (Å²) in [4.78, 5) is 27.7. The quantitative estimate of drug-likeness (QED) is 0.581. The van der Waals surface area contributed by atoms with Gasteiger partial charge < -0.3 is 15.5 Å². The van der Waals surface area contributed by atoms with Crippen molar-refractivity contribution in [3.05, 3.63) is 12.3 Å². The first kappa shape index (κ1) is 23.1. The monoisotopic (exact) mass is 417 g/mol. The van der Waals surface area contributed by atoms with E-state index in [0.717, 1.165) is 31.5 Å². The summed E-state index contributed by atoms with van der Waals surface area (Å²) in [7, 11) is 0. The Kier molecular flexibility index (Phi) is 7.19. The van der Waals surface area contributed by atoms with E-state index in [1.165, 1.54) is 32.1 Å². The molecule has 0 aromatic carbocycles. The van der Waals surface area contributed by atoms with Crippen LogP contribution in [0, 0.1) is 23.2 Å². The van der Waals surface area contributed by atoms with Crippen LogP contribution in [0.4, 0.5) is 4.79 Å². The number of rotatable bonds is 7. The van der Waals surface area contributed by atoms with Crippen LogP contribution in [0.5, 0.6) is 0 Å². The summed E-state index contributed by atoms with van der Waals surface area (Å²) in [6.45, 7) is 15.7. The van der Waals surface area contributed by atoms with Crippen molar-refractivity contribution in [3.8, 4) is 0 Å². The van der Waals surface area contributed by atoms with E-state index in [2.05, 4.69) is 49.8 Å². The van der Waals surface area contributed by atoms with Crippen molar-refractivity contribution >= 4 is 11.8 Å². The molecule has 3 fully saturated rings. The Morgan fingerprint density at radius 2 is 1.73 bits per heavy atom. The molecule has 2 N–H and O–H groups in total. The van der Waals surface area contributed by atoms with Gasteiger partial charge in [-0.2, -0.15) is 0 Å². The third-order valence-corrected chi connectivity index (χ3v) is 7.71. The molecule has 1 saturated heterocycles. The Balaban J connectivity index is 1.75. The predicted octanol–water partition coefficient (Wildman–Crippen LogP) is 4.87. The van der Waals surface area contributed by atoms with E-state index in [1.54, 1.807) is 6.92 Å². The average molecular weight is 418 g/mol. The van der Waals surface area contributed by atoms with E-state index in [0.29, 0.717) is 17.8 Å². The summed E-state index contributed by atoms with van der Waals surface area (Å²) >= 11 is 0. The van der Waals surface area contributed by atoms with Crippen molar-refractivity contribution in [1.82, 2.24) is 15.5 Å². The van der Waals surface area contributed by atoms with Crippen molar-refractivity contribution in [3.63, 3.8) is 0 Å². The molecule has 3 unspecified atom stereocenters. The molecule has 0 bridgehead atoms. The molecule has 0 radical (unpaired) electrons. The van der Waals surface area contributed by atoms with Crippen LogP contribution >= 0.6 is 0 Å². The lowest BCUT2D eigenvalue weighted by Gasteiger charge is -2.38. The number of nitrogens with one attached hydrogen (secondary N) is 2. The smallest absolute Gasteiger partial charge is 0.315 e. The number of piperidine rings is 1. The van der Waals surface area contributed by atoms with Gasteiger partial charge in [-0.05, 0) is 55.8 Å². The summed E-state index contributed by atoms with van der Waals surface area (Å²) in [6, 6.07) is -0.126. The number of amides is 2. The lowest BCUT2D eigenvalue weighted by Crippen LogP contribution is -2.54. The highest BCUT2D eigenvalue weighted by molar-refractivity contribution is 5.83. The van der Waals surface area contributed by atoms with Gasteiger partial charge in [0.1, 0.15) is 0 Å². The van der Waals surface area contributed by atoms with Crippen LogP contribution in [0.1, 0.15) is 86.0 Å². The van der Waals surface area contributed by atoms with Crippen molar-refractivity contribution in [2.75, 3.05) is 6.54 Å². The van der Waals surface area contributed by atoms with E-state index >= 15 is 0 Å². The molecule has 30 heavy (non-hydrogen) atoms.